The maximum absolute atomic E-state index is 10.2. The van der Waals surface area contributed by atoms with Gasteiger partial charge in [0.2, 0.25) is 0 Å². The van der Waals surface area contributed by atoms with Gasteiger partial charge in [0.05, 0.1) is 5.60 Å². The molecule has 0 aromatic heterocycles. The van der Waals surface area contributed by atoms with Crippen LogP contribution in [0.1, 0.15) is 32.1 Å². The fourth-order valence-corrected chi connectivity index (χ4v) is 2.48. The Morgan fingerprint density at radius 3 is 3.00 bits per heavy atom. The van der Waals surface area contributed by atoms with Crippen LogP contribution in [0.5, 0.6) is 0 Å². The lowest BCUT2D eigenvalue weighted by molar-refractivity contribution is 0.0335. The molecule has 2 unspecified atom stereocenters. The quantitative estimate of drug-likeness (QED) is 0.632. The highest BCUT2D eigenvalue weighted by Gasteiger charge is 2.33. The summed E-state index contributed by atoms with van der Waals surface area (Å²) in [4.78, 5) is 0. The van der Waals surface area contributed by atoms with Gasteiger partial charge in [-0.1, -0.05) is 12.2 Å². The van der Waals surface area contributed by atoms with Crippen molar-refractivity contribution in [2.24, 2.45) is 5.92 Å². The van der Waals surface area contributed by atoms with Gasteiger partial charge in [0.1, 0.15) is 0 Å². The van der Waals surface area contributed by atoms with Gasteiger partial charge in [-0.05, 0) is 44.6 Å². The molecule has 1 saturated heterocycles. The molecular weight excluding hydrogens is 162 g/mol. The Morgan fingerprint density at radius 2 is 2.38 bits per heavy atom. The van der Waals surface area contributed by atoms with E-state index in [1.807, 2.05) is 0 Å². The first-order valence-electron chi connectivity index (χ1n) is 5.37. The Labute approximate surface area is 80.0 Å². The minimum absolute atomic E-state index is 0.393. The SMILES string of the molecule is OC1(CC2CC=CCC2)CCNC1. The highest BCUT2D eigenvalue weighted by atomic mass is 16.3. The molecule has 0 amide bonds. The fourth-order valence-electron chi connectivity index (χ4n) is 2.48. The van der Waals surface area contributed by atoms with Crippen molar-refractivity contribution in [3.05, 3.63) is 12.2 Å². The molecule has 1 fully saturated rings. The minimum atomic E-state index is -0.393. The predicted octanol–water partition coefficient (Wildman–Crippen LogP) is 1.46. The van der Waals surface area contributed by atoms with E-state index in [4.69, 9.17) is 0 Å². The van der Waals surface area contributed by atoms with Gasteiger partial charge in [0, 0.05) is 6.54 Å². The molecule has 2 heteroatoms. The monoisotopic (exact) mass is 181 g/mol. The molecule has 0 aromatic carbocycles. The first-order valence-corrected chi connectivity index (χ1v) is 5.37. The molecule has 74 valence electrons. The van der Waals surface area contributed by atoms with E-state index in [-0.39, 0.29) is 0 Å². The Balaban J connectivity index is 1.85. The van der Waals surface area contributed by atoms with Crippen LogP contribution in [0.4, 0.5) is 0 Å². The summed E-state index contributed by atoms with van der Waals surface area (Å²) in [6, 6.07) is 0. The summed E-state index contributed by atoms with van der Waals surface area (Å²) in [6.07, 6.45) is 10.1. The lowest BCUT2D eigenvalue weighted by Crippen LogP contribution is -2.34. The van der Waals surface area contributed by atoms with Gasteiger partial charge >= 0.3 is 0 Å². The normalized spacial score (nSPS) is 39.6. The van der Waals surface area contributed by atoms with Crippen molar-refractivity contribution in [2.45, 2.75) is 37.7 Å². The van der Waals surface area contributed by atoms with Crippen molar-refractivity contribution >= 4 is 0 Å². The van der Waals surface area contributed by atoms with Crippen molar-refractivity contribution in [1.82, 2.24) is 5.32 Å². The summed E-state index contributed by atoms with van der Waals surface area (Å²) >= 11 is 0. The van der Waals surface area contributed by atoms with Crippen LogP contribution in [0.15, 0.2) is 12.2 Å². The zero-order valence-electron chi connectivity index (χ0n) is 8.13. The summed E-state index contributed by atoms with van der Waals surface area (Å²) in [6.45, 7) is 1.78. The van der Waals surface area contributed by atoms with E-state index in [2.05, 4.69) is 17.5 Å². The largest absolute Gasteiger partial charge is 0.389 e. The third-order valence-corrected chi connectivity index (χ3v) is 3.27. The number of aliphatic hydroxyl groups is 1. The Kier molecular flexibility index (Phi) is 2.70. The van der Waals surface area contributed by atoms with Crippen LogP contribution >= 0.6 is 0 Å². The lowest BCUT2D eigenvalue weighted by atomic mass is 9.83. The topological polar surface area (TPSA) is 32.3 Å². The van der Waals surface area contributed by atoms with Gasteiger partial charge in [-0.2, -0.15) is 0 Å². The summed E-state index contributed by atoms with van der Waals surface area (Å²) in [5.41, 5.74) is -0.393. The van der Waals surface area contributed by atoms with Crippen molar-refractivity contribution in [1.29, 1.82) is 0 Å². The number of nitrogens with one attached hydrogen (secondary N) is 1. The molecule has 0 aromatic rings. The van der Waals surface area contributed by atoms with Crippen LogP contribution in [0.2, 0.25) is 0 Å². The van der Waals surface area contributed by atoms with Gasteiger partial charge in [0.15, 0.2) is 0 Å². The second-order valence-corrected chi connectivity index (χ2v) is 4.51. The third kappa shape index (κ3) is 2.32. The number of β-amino-alcohol motifs (C(OH)–C–C–N with tert-alkyl or cyclic N) is 1. The van der Waals surface area contributed by atoms with Crippen molar-refractivity contribution in [2.75, 3.05) is 13.1 Å². The lowest BCUT2D eigenvalue weighted by Gasteiger charge is -2.28. The maximum atomic E-state index is 10.2. The number of hydrogen-bond donors (Lipinski definition) is 2. The molecule has 0 bridgehead atoms. The van der Waals surface area contributed by atoms with Gasteiger partial charge < -0.3 is 10.4 Å². The number of hydrogen-bond acceptors (Lipinski definition) is 2. The minimum Gasteiger partial charge on any atom is -0.389 e. The number of rotatable bonds is 2. The first kappa shape index (κ1) is 9.22. The van der Waals surface area contributed by atoms with E-state index >= 15 is 0 Å². The average molecular weight is 181 g/mol. The summed E-state index contributed by atoms with van der Waals surface area (Å²) in [7, 11) is 0. The zero-order valence-corrected chi connectivity index (χ0v) is 8.13. The second-order valence-electron chi connectivity index (χ2n) is 4.51. The molecule has 0 saturated carbocycles. The molecule has 0 spiro atoms. The van der Waals surface area contributed by atoms with Crippen LogP contribution in [-0.4, -0.2) is 23.8 Å². The van der Waals surface area contributed by atoms with E-state index in [0.29, 0.717) is 0 Å². The maximum Gasteiger partial charge on any atom is 0.0786 e. The molecule has 0 radical (unpaired) electrons. The summed E-state index contributed by atoms with van der Waals surface area (Å²) in [5, 5.41) is 13.4. The van der Waals surface area contributed by atoms with E-state index < -0.39 is 5.60 Å². The summed E-state index contributed by atoms with van der Waals surface area (Å²) in [5.74, 6) is 0.717. The van der Waals surface area contributed by atoms with Gasteiger partial charge in [-0.3, -0.25) is 0 Å². The van der Waals surface area contributed by atoms with Crippen LogP contribution in [0, 0.1) is 5.92 Å². The van der Waals surface area contributed by atoms with Gasteiger partial charge in [-0.15, -0.1) is 0 Å². The molecule has 2 aliphatic rings. The first-order chi connectivity index (χ1) is 6.29. The molecule has 2 nitrogen and oxygen atoms in total. The molecule has 1 aliphatic carbocycles. The summed E-state index contributed by atoms with van der Waals surface area (Å²) < 4.78 is 0. The van der Waals surface area contributed by atoms with Crippen LogP contribution in [0.3, 0.4) is 0 Å². The van der Waals surface area contributed by atoms with Crippen LogP contribution in [-0.2, 0) is 0 Å². The number of allylic oxidation sites excluding steroid dienone is 2. The standard InChI is InChI=1S/C11H19NO/c13-11(6-7-12-9-11)8-10-4-2-1-3-5-10/h1-2,10,12-13H,3-9H2. The van der Waals surface area contributed by atoms with Gasteiger partial charge in [-0.25, -0.2) is 0 Å². The van der Waals surface area contributed by atoms with Crippen LogP contribution < -0.4 is 5.32 Å². The Bertz CT molecular complexity index is 194. The average Bonchev–Trinajstić information content (AvgIpc) is 2.54. The van der Waals surface area contributed by atoms with Gasteiger partial charge in [0.25, 0.3) is 0 Å². The van der Waals surface area contributed by atoms with Crippen molar-refractivity contribution in [3.8, 4) is 0 Å². The fraction of sp³-hybridized carbons (Fsp3) is 0.818. The molecule has 2 N–H and O–H groups in total. The van der Waals surface area contributed by atoms with E-state index in [9.17, 15) is 5.11 Å². The predicted molar refractivity (Wildman–Crippen MR) is 53.5 cm³/mol. The Hall–Kier alpha value is -0.340. The molecule has 13 heavy (non-hydrogen) atoms. The molecule has 1 aliphatic heterocycles. The Morgan fingerprint density at radius 1 is 1.46 bits per heavy atom. The van der Waals surface area contributed by atoms with E-state index in [1.54, 1.807) is 0 Å². The molecular formula is C11H19NO. The highest BCUT2D eigenvalue weighted by molar-refractivity contribution is 4.95. The smallest absolute Gasteiger partial charge is 0.0786 e. The van der Waals surface area contributed by atoms with E-state index in [1.165, 1.54) is 19.3 Å². The molecule has 2 rings (SSSR count). The zero-order chi connectivity index (χ0) is 9.15. The molecule has 2 atom stereocenters. The van der Waals surface area contributed by atoms with Crippen molar-refractivity contribution < 1.29 is 5.11 Å². The molecule has 1 heterocycles. The van der Waals surface area contributed by atoms with E-state index in [0.717, 1.165) is 31.8 Å². The highest BCUT2D eigenvalue weighted by Crippen LogP contribution is 2.30. The second kappa shape index (κ2) is 3.81. The van der Waals surface area contributed by atoms with Crippen molar-refractivity contribution in [3.63, 3.8) is 0 Å². The third-order valence-electron chi connectivity index (χ3n) is 3.27. The van der Waals surface area contributed by atoms with Crippen LogP contribution in [0.25, 0.3) is 0 Å².